The predicted octanol–water partition coefficient (Wildman–Crippen LogP) is 2.59. The first-order valence-electron chi connectivity index (χ1n) is 4.77. The van der Waals surface area contributed by atoms with Crippen LogP contribution in [0.4, 0.5) is 8.78 Å². The van der Waals surface area contributed by atoms with E-state index in [-0.39, 0.29) is 22.7 Å². The Kier molecular flexibility index (Phi) is 2.10. The third-order valence-electron chi connectivity index (χ3n) is 2.92. The molecule has 0 radical (unpaired) electrons. The van der Waals surface area contributed by atoms with Gasteiger partial charge in [0.1, 0.15) is 0 Å². The second-order valence-corrected chi connectivity index (χ2v) is 4.60. The number of hydrogen-bond donors (Lipinski definition) is 0. The largest absolute Gasteiger partial charge is 0.294 e. The highest BCUT2D eigenvalue weighted by molar-refractivity contribution is 6.00. The number of hydrogen-bond acceptors (Lipinski definition) is 2. The number of rotatable bonds is 2. The molecule has 80 valence electrons. The van der Waals surface area contributed by atoms with Crippen LogP contribution in [0.2, 0.25) is 0 Å². The van der Waals surface area contributed by atoms with E-state index in [0.717, 1.165) is 18.7 Å². The minimum Gasteiger partial charge on any atom is -0.294 e. The average Bonchev–Trinajstić information content (AvgIpc) is 2.78. The van der Waals surface area contributed by atoms with Gasteiger partial charge in [-0.25, -0.2) is 9.37 Å². The Bertz CT molecular complexity index is 429. The van der Waals surface area contributed by atoms with Crippen LogP contribution in [-0.4, -0.2) is 10.8 Å². The van der Waals surface area contributed by atoms with Crippen molar-refractivity contribution in [3.8, 4) is 0 Å². The van der Waals surface area contributed by atoms with Crippen molar-refractivity contribution in [3.05, 3.63) is 29.6 Å². The molecule has 15 heavy (non-hydrogen) atoms. The number of carbonyl (C=O) groups excluding carboxylic acids is 1. The molecule has 0 aliphatic heterocycles. The molecular weight excluding hydrogens is 200 g/mol. The molecule has 0 spiro atoms. The molecule has 0 bridgehead atoms. The molecule has 1 unspecified atom stereocenters. The lowest BCUT2D eigenvalue weighted by Gasteiger charge is -2.03. The number of halogens is 2. The Morgan fingerprint density at radius 3 is 2.67 bits per heavy atom. The number of pyridine rings is 1. The molecule has 1 saturated carbocycles. The first kappa shape index (κ1) is 10.2. The van der Waals surface area contributed by atoms with E-state index in [9.17, 15) is 13.6 Å². The maximum atomic E-state index is 13.2. The second kappa shape index (κ2) is 3.08. The summed E-state index contributed by atoms with van der Waals surface area (Å²) in [5.41, 5.74) is -0.262. The maximum absolute atomic E-state index is 13.2. The summed E-state index contributed by atoms with van der Waals surface area (Å²) in [6.07, 6.45) is 1.48. The van der Waals surface area contributed by atoms with Crippen LogP contribution in [0, 0.1) is 23.1 Å². The van der Waals surface area contributed by atoms with Gasteiger partial charge in [-0.15, -0.1) is 0 Å². The van der Waals surface area contributed by atoms with Crippen LogP contribution in [0.3, 0.4) is 0 Å². The molecule has 2 rings (SSSR count). The molecule has 1 aromatic rings. The van der Waals surface area contributed by atoms with E-state index < -0.39 is 11.8 Å². The van der Waals surface area contributed by atoms with Gasteiger partial charge < -0.3 is 0 Å². The maximum Gasteiger partial charge on any atom is 0.213 e. The standard InChI is InChI=1S/C11H11F2NO/c1-11(2)4-7(11)10(15)6-3-9(13)14-5-8(6)12/h3,5,7H,4H2,1-2H3. The normalized spacial score (nSPS) is 22.5. The van der Waals surface area contributed by atoms with Crippen molar-refractivity contribution in [3.63, 3.8) is 0 Å². The van der Waals surface area contributed by atoms with Gasteiger partial charge in [0.25, 0.3) is 0 Å². The fourth-order valence-corrected chi connectivity index (χ4v) is 1.70. The Morgan fingerprint density at radius 2 is 2.13 bits per heavy atom. The van der Waals surface area contributed by atoms with Crippen molar-refractivity contribution in [1.82, 2.24) is 4.98 Å². The summed E-state index contributed by atoms with van der Waals surface area (Å²) in [5.74, 6) is -2.07. The number of ketones is 1. The molecule has 2 nitrogen and oxygen atoms in total. The molecule has 1 aromatic heterocycles. The molecule has 0 N–H and O–H groups in total. The minimum atomic E-state index is -0.821. The zero-order valence-electron chi connectivity index (χ0n) is 8.55. The van der Waals surface area contributed by atoms with Gasteiger partial charge in [0.2, 0.25) is 5.95 Å². The summed E-state index contributed by atoms with van der Waals surface area (Å²) in [4.78, 5) is 14.9. The summed E-state index contributed by atoms with van der Waals surface area (Å²) in [5, 5.41) is 0. The first-order valence-corrected chi connectivity index (χ1v) is 4.77. The van der Waals surface area contributed by atoms with E-state index in [0.29, 0.717) is 0 Å². The molecule has 1 aliphatic rings. The van der Waals surface area contributed by atoms with Crippen molar-refractivity contribution in [2.75, 3.05) is 0 Å². The number of nitrogens with zero attached hydrogens (tertiary/aromatic N) is 1. The summed E-state index contributed by atoms with van der Waals surface area (Å²) in [7, 11) is 0. The fraction of sp³-hybridized carbons (Fsp3) is 0.455. The Balaban J connectivity index is 2.30. The van der Waals surface area contributed by atoms with Gasteiger partial charge in [-0.2, -0.15) is 4.39 Å². The van der Waals surface area contributed by atoms with E-state index in [4.69, 9.17) is 0 Å². The van der Waals surface area contributed by atoms with Crippen molar-refractivity contribution < 1.29 is 13.6 Å². The molecule has 0 saturated heterocycles. The van der Waals surface area contributed by atoms with E-state index in [2.05, 4.69) is 4.98 Å². The fourth-order valence-electron chi connectivity index (χ4n) is 1.70. The van der Waals surface area contributed by atoms with Gasteiger partial charge in [-0.3, -0.25) is 4.79 Å². The molecule has 1 aliphatic carbocycles. The lowest BCUT2D eigenvalue weighted by molar-refractivity contribution is 0.0948. The van der Waals surface area contributed by atoms with Gasteiger partial charge in [-0.1, -0.05) is 13.8 Å². The highest BCUT2D eigenvalue weighted by atomic mass is 19.1. The van der Waals surface area contributed by atoms with E-state index in [1.54, 1.807) is 0 Å². The van der Waals surface area contributed by atoms with Crippen LogP contribution in [-0.2, 0) is 0 Å². The summed E-state index contributed by atoms with van der Waals surface area (Å²) >= 11 is 0. The Labute approximate surface area is 86.3 Å². The third kappa shape index (κ3) is 1.76. The SMILES string of the molecule is CC1(C)CC1C(=O)c1cc(F)ncc1F. The van der Waals surface area contributed by atoms with Crippen LogP contribution < -0.4 is 0 Å². The molecule has 1 fully saturated rings. The lowest BCUT2D eigenvalue weighted by Crippen LogP contribution is -2.09. The Hall–Kier alpha value is -1.32. The summed E-state index contributed by atoms with van der Waals surface area (Å²) in [6, 6.07) is 0.867. The van der Waals surface area contributed by atoms with Crippen LogP contribution in [0.5, 0.6) is 0 Å². The summed E-state index contributed by atoms with van der Waals surface area (Å²) < 4.78 is 26.0. The minimum absolute atomic E-state index is 0.0801. The topological polar surface area (TPSA) is 30.0 Å². The van der Waals surface area contributed by atoms with Crippen molar-refractivity contribution >= 4 is 5.78 Å². The highest BCUT2D eigenvalue weighted by Gasteiger charge is 2.51. The zero-order chi connectivity index (χ0) is 11.2. The van der Waals surface area contributed by atoms with Gasteiger partial charge in [0.15, 0.2) is 11.6 Å². The molecule has 4 heteroatoms. The van der Waals surface area contributed by atoms with Crippen LogP contribution in [0.15, 0.2) is 12.3 Å². The van der Waals surface area contributed by atoms with E-state index >= 15 is 0 Å². The molecule has 1 heterocycles. The van der Waals surface area contributed by atoms with Crippen molar-refractivity contribution in [2.45, 2.75) is 20.3 Å². The van der Waals surface area contributed by atoms with Crippen LogP contribution in [0.1, 0.15) is 30.6 Å². The number of Topliss-reactive ketones (excluding diaryl/α,β-unsaturated/α-hetero) is 1. The molecule has 1 atom stereocenters. The van der Waals surface area contributed by atoms with Gasteiger partial charge >= 0.3 is 0 Å². The van der Waals surface area contributed by atoms with Crippen molar-refractivity contribution in [2.24, 2.45) is 11.3 Å². The first-order chi connectivity index (χ1) is 6.92. The van der Waals surface area contributed by atoms with Crippen molar-refractivity contribution in [1.29, 1.82) is 0 Å². The predicted molar refractivity (Wildman–Crippen MR) is 50.4 cm³/mol. The average molecular weight is 211 g/mol. The van der Waals surface area contributed by atoms with Gasteiger partial charge in [0.05, 0.1) is 11.8 Å². The van der Waals surface area contributed by atoms with Gasteiger partial charge in [0, 0.05) is 12.0 Å². The van der Waals surface area contributed by atoms with Crippen LogP contribution in [0.25, 0.3) is 0 Å². The van der Waals surface area contributed by atoms with E-state index in [1.165, 1.54) is 0 Å². The Morgan fingerprint density at radius 1 is 1.53 bits per heavy atom. The molecule has 0 amide bonds. The number of aromatic nitrogens is 1. The molecule has 0 aromatic carbocycles. The summed E-state index contributed by atoms with van der Waals surface area (Å²) in [6.45, 7) is 3.87. The van der Waals surface area contributed by atoms with Gasteiger partial charge in [-0.05, 0) is 11.8 Å². The molecular formula is C11H11F2NO. The second-order valence-electron chi connectivity index (χ2n) is 4.60. The quantitative estimate of drug-likeness (QED) is 0.556. The third-order valence-corrected chi connectivity index (χ3v) is 2.92. The highest BCUT2D eigenvalue weighted by Crippen LogP contribution is 2.53. The monoisotopic (exact) mass is 211 g/mol. The number of carbonyl (C=O) groups is 1. The lowest BCUT2D eigenvalue weighted by atomic mass is 10.0. The zero-order valence-corrected chi connectivity index (χ0v) is 8.55. The van der Waals surface area contributed by atoms with Crippen LogP contribution >= 0.6 is 0 Å². The van der Waals surface area contributed by atoms with E-state index in [1.807, 2.05) is 13.8 Å². The smallest absolute Gasteiger partial charge is 0.213 e.